The Hall–Kier alpha value is -0.690. The molecule has 4 nitrogen and oxygen atoms in total. The van der Waals surface area contributed by atoms with Gasteiger partial charge in [0.25, 0.3) is 0 Å². The fourth-order valence-corrected chi connectivity index (χ4v) is 2.40. The maximum Gasteiger partial charge on any atom is 0.191 e. The maximum absolute atomic E-state index is 6.03. The van der Waals surface area contributed by atoms with Crippen LogP contribution in [0.1, 0.15) is 24.8 Å². The molecule has 1 aromatic carbocycles. The second kappa shape index (κ2) is 8.56. The number of methoxy groups -OCH3 is 1. The van der Waals surface area contributed by atoms with Gasteiger partial charge in [0.1, 0.15) is 5.75 Å². The topological polar surface area (TPSA) is 50.9 Å². The van der Waals surface area contributed by atoms with E-state index in [1.54, 1.807) is 13.2 Å². The van der Waals surface area contributed by atoms with Crippen LogP contribution in [-0.4, -0.2) is 31.1 Å². The van der Waals surface area contributed by atoms with E-state index >= 15 is 0 Å². The molecule has 0 bridgehead atoms. The standard InChI is InChI=1S/C14H20ClN3O.HI/c1-19-13-9-12(15)6-5-11(13)10-17-14(16)18-7-3-2-4-8-18;/h5-6,9H,2-4,7-8,10H2,1H3,(H2,16,17);1H. The summed E-state index contributed by atoms with van der Waals surface area (Å²) in [6, 6.07) is 5.56. The van der Waals surface area contributed by atoms with Crippen LogP contribution >= 0.6 is 35.6 Å². The quantitative estimate of drug-likeness (QED) is 0.473. The summed E-state index contributed by atoms with van der Waals surface area (Å²) in [5.41, 5.74) is 7.02. The molecule has 1 aromatic rings. The van der Waals surface area contributed by atoms with Crippen LogP contribution in [0.2, 0.25) is 5.02 Å². The van der Waals surface area contributed by atoms with Gasteiger partial charge in [0.05, 0.1) is 13.7 Å². The summed E-state index contributed by atoms with van der Waals surface area (Å²) in [6.07, 6.45) is 3.68. The molecular formula is C14H21ClIN3O. The van der Waals surface area contributed by atoms with Crippen molar-refractivity contribution in [3.05, 3.63) is 28.8 Å². The van der Waals surface area contributed by atoms with Gasteiger partial charge in [-0.1, -0.05) is 17.7 Å². The summed E-state index contributed by atoms with van der Waals surface area (Å²) in [6.45, 7) is 2.53. The average molecular weight is 410 g/mol. The van der Waals surface area contributed by atoms with Gasteiger partial charge in [-0.15, -0.1) is 24.0 Å². The Balaban J connectivity index is 0.00000200. The van der Waals surface area contributed by atoms with E-state index in [1.807, 2.05) is 12.1 Å². The second-order valence-electron chi connectivity index (χ2n) is 4.68. The summed E-state index contributed by atoms with van der Waals surface area (Å²) in [5, 5.41) is 0.661. The van der Waals surface area contributed by atoms with Crippen LogP contribution in [0.15, 0.2) is 23.2 Å². The van der Waals surface area contributed by atoms with E-state index in [0.717, 1.165) is 24.4 Å². The molecule has 1 aliphatic rings. The Kier molecular flexibility index (Phi) is 7.43. The summed E-state index contributed by atoms with van der Waals surface area (Å²) in [4.78, 5) is 6.60. The van der Waals surface area contributed by atoms with Crippen molar-refractivity contribution in [1.29, 1.82) is 0 Å². The van der Waals surface area contributed by atoms with Crippen molar-refractivity contribution >= 4 is 41.5 Å². The van der Waals surface area contributed by atoms with Crippen LogP contribution in [-0.2, 0) is 6.54 Å². The number of hydrogen-bond acceptors (Lipinski definition) is 2. The summed E-state index contributed by atoms with van der Waals surface area (Å²) in [7, 11) is 1.63. The average Bonchev–Trinajstić information content (AvgIpc) is 2.46. The minimum absolute atomic E-state index is 0. The molecule has 1 aliphatic heterocycles. The molecule has 112 valence electrons. The van der Waals surface area contributed by atoms with Gasteiger partial charge >= 0.3 is 0 Å². The van der Waals surface area contributed by atoms with Crippen LogP contribution in [0.4, 0.5) is 0 Å². The van der Waals surface area contributed by atoms with Crippen molar-refractivity contribution in [2.24, 2.45) is 10.7 Å². The Morgan fingerprint density at radius 2 is 2.05 bits per heavy atom. The predicted molar refractivity (Wildman–Crippen MR) is 94.2 cm³/mol. The Morgan fingerprint density at radius 1 is 1.35 bits per heavy atom. The minimum atomic E-state index is 0. The number of hydrogen-bond donors (Lipinski definition) is 1. The van der Waals surface area contributed by atoms with Gasteiger partial charge in [0.2, 0.25) is 0 Å². The molecule has 0 spiro atoms. The maximum atomic E-state index is 6.03. The molecule has 20 heavy (non-hydrogen) atoms. The van der Waals surface area contributed by atoms with Crippen molar-refractivity contribution in [2.45, 2.75) is 25.8 Å². The Labute approximate surface area is 142 Å². The number of aliphatic imine (C=N–C) groups is 1. The van der Waals surface area contributed by atoms with Gasteiger partial charge < -0.3 is 15.4 Å². The van der Waals surface area contributed by atoms with Gasteiger partial charge in [-0.3, -0.25) is 0 Å². The van der Waals surface area contributed by atoms with E-state index < -0.39 is 0 Å². The third-order valence-corrected chi connectivity index (χ3v) is 3.58. The zero-order valence-electron chi connectivity index (χ0n) is 11.6. The van der Waals surface area contributed by atoms with Crippen LogP contribution in [0.5, 0.6) is 5.75 Å². The molecule has 0 amide bonds. The first-order valence-electron chi connectivity index (χ1n) is 6.58. The summed E-state index contributed by atoms with van der Waals surface area (Å²) >= 11 is 5.93. The molecule has 2 N–H and O–H groups in total. The number of halogens is 2. The number of guanidine groups is 1. The molecule has 0 radical (unpaired) electrons. The first-order valence-corrected chi connectivity index (χ1v) is 6.96. The molecule has 6 heteroatoms. The van der Waals surface area contributed by atoms with E-state index in [2.05, 4.69) is 9.89 Å². The molecule has 0 atom stereocenters. The highest BCUT2D eigenvalue weighted by Crippen LogP contribution is 2.23. The fourth-order valence-electron chi connectivity index (χ4n) is 2.24. The number of nitrogens with zero attached hydrogens (tertiary/aromatic N) is 2. The largest absolute Gasteiger partial charge is 0.496 e. The van der Waals surface area contributed by atoms with E-state index in [4.69, 9.17) is 22.1 Å². The van der Waals surface area contributed by atoms with Crippen LogP contribution < -0.4 is 10.5 Å². The zero-order valence-corrected chi connectivity index (χ0v) is 14.7. The smallest absolute Gasteiger partial charge is 0.191 e. The van der Waals surface area contributed by atoms with Crippen molar-refractivity contribution in [1.82, 2.24) is 4.90 Å². The van der Waals surface area contributed by atoms with E-state index in [-0.39, 0.29) is 24.0 Å². The second-order valence-corrected chi connectivity index (χ2v) is 5.11. The van der Waals surface area contributed by atoms with Crippen molar-refractivity contribution < 1.29 is 4.74 Å². The number of benzene rings is 1. The van der Waals surface area contributed by atoms with E-state index in [1.165, 1.54) is 19.3 Å². The monoisotopic (exact) mass is 409 g/mol. The van der Waals surface area contributed by atoms with E-state index in [0.29, 0.717) is 17.5 Å². The zero-order chi connectivity index (χ0) is 13.7. The van der Waals surface area contributed by atoms with Crippen LogP contribution in [0.25, 0.3) is 0 Å². The molecule has 1 heterocycles. The lowest BCUT2D eigenvalue weighted by Crippen LogP contribution is -2.40. The third kappa shape index (κ3) is 4.70. The first-order chi connectivity index (χ1) is 9.20. The lowest BCUT2D eigenvalue weighted by atomic mass is 10.1. The summed E-state index contributed by atoms with van der Waals surface area (Å²) in [5.74, 6) is 1.37. The van der Waals surface area contributed by atoms with Crippen LogP contribution in [0.3, 0.4) is 0 Å². The molecule has 0 aliphatic carbocycles. The summed E-state index contributed by atoms with van der Waals surface area (Å²) < 4.78 is 5.30. The molecule has 0 saturated carbocycles. The van der Waals surface area contributed by atoms with Gasteiger partial charge in [-0.05, 0) is 31.4 Å². The molecule has 1 saturated heterocycles. The number of ether oxygens (including phenoxy) is 1. The van der Waals surface area contributed by atoms with Gasteiger partial charge in [0.15, 0.2) is 5.96 Å². The number of rotatable bonds is 3. The Morgan fingerprint density at radius 3 is 2.70 bits per heavy atom. The first kappa shape index (κ1) is 17.4. The molecule has 1 fully saturated rings. The fraction of sp³-hybridized carbons (Fsp3) is 0.500. The van der Waals surface area contributed by atoms with Crippen LogP contribution in [0, 0.1) is 0 Å². The number of likely N-dealkylation sites (tertiary alicyclic amines) is 1. The minimum Gasteiger partial charge on any atom is -0.496 e. The lowest BCUT2D eigenvalue weighted by molar-refractivity contribution is 0.338. The highest BCUT2D eigenvalue weighted by molar-refractivity contribution is 14.0. The lowest BCUT2D eigenvalue weighted by Gasteiger charge is -2.27. The predicted octanol–water partition coefficient (Wildman–Crippen LogP) is 3.27. The highest BCUT2D eigenvalue weighted by Gasteiger charge is 2.12. The van der Waals surface area contributed by atoms with Gasteiger partial charge in [-0.2, -0.15) is 0 Å². The van der Waals surface area contributed by atoms with Crippen molar-refractivity contribution in [3.63, 3.8) is 0 Å². The molecule has 0 unspecified atom stereocenters. The molecule has 2 rings (SSSR count). The number of nitrogens with two attached hydrogens (primary N) is 1. The van der Waals surface area contributed by atoms with Crippen molar-refractivity contribution in [3.8, 4) is 5.75 Å². The van der Waals surface area contributed by atoms with Gasteiger partial charge in [0, 0.05) is 23.7 Å². The molecule has 0 aromatic heterocycles. The Bertz CT molecular complexity index is 462. The molecular weight excluding hydrogens is 389 g/mol. The van der Waals surface area contributed by atoms with Crippen molar-refractivity contribution in [2.75, 3.05) is 20.2 Å². The van der Waals surface area contributed by atoms with Gasteiger partial charge in [-0.25, -0.2) is 4.99 Å². The van der Waals surface area contributed by atoms with E-state index in [9.17, 15) is 0 Å². The number of piperidine rings is 1. The SMILES string of the molecule is COc1cc(Cl)ccc1CN=C(N)N1CCCCC1.I. The highest BCUT2D eigenvalue weighted by atomic mass is 127. The third-order valence-electron chi connectivity index (χ3n) is 3.34. The normalized spacial score (nSPS) is 15.7.